The number of hydrogen-bond acceptors (Lipinski definition) is 7. The standard InChI is InChI=1S/C4H5NO3.C4H6O7S/c6-3-1-2-4(7)5(3)8;5-3(6)1-2(4(7)8)12(9,10)11/h8H,1-2H2;2H,1H2,(H,5,6)(H,7,8)(H,9,10,11). The molecule has 0 spiro atoms. The highest BCUT2D eigenvalue weighted by molar-refractivity contribution is 7.87. The van der Waals surface area contributed by atoms with Crippen molar-refractivity contribution in [3.05, 3.63) is 0 Å². The number of hydroxylamine groups is 2. The van der Waals surface area contributed by atoms with Gasteiger partial charge in [-0.3, -0.25) is 28.9 Å². The molecule has 0 aliphatic carbocycles. The third-order valence-electron chi connectivity index (χ3n) is 2.02. The fraction of sp³-hybridized carbons (Fsp3) is 0.500. The zero-order chi connectivity index (χ0) is 16.1. The molecule has 12 heteroatoms. The number of amides is 2. The van der Waals surface area contributed by atoms with Crippen molar-refractivity contribution in [2.45, 2.75) is 24.5 Å². The summed E-state index contributed by atoms with van der Waals surface area (Å²) in [6.45, 7) is 0. The first kappa shape index (κ1) is 17.9. The topological polar surface area (TPSA) is 187 Å². The largest absolute Gasteiger partial charge is 0.481 e. The van der Waals surface area contributed by atoms with Crippen molar-refractivity contribution in [2.24, 2.45) is 0 Å². The van der Waals surface area contributed by atoms with Crippen LogP contribution in [0.2, 0.25) is 0 Å². The second-order valence-corrected chi connectivity index (χ2v) is 5.14. The van der Waals surface area contributed by atoms with Gasteiger partial charge in [-0.1, -0.05) is 0 Å². The molecule has 0 aromatic rings. The van der Waals surface area contributed by atoms with Gasteiger partial charge >= 0.3 is 11.9 Å². The van der Waals surface area contributed by atoms with Crippen molar-refractivity contribution < 1.29 is 47.6 Å². The summed E-state index contributed by atoms with van der Waals surface area (Å²) in [5.41, 5.74) is 0. The zero-order valence-corrected chi connectivity index (χ0v) is 10.6. The van der Waals surface area contributed by atoms with Crippen molar-refractivity contribution in [3.63, 3.8) is 0 Å². The molecule has 114 valence electrons. The Hall–Kier alpha value is -2.05. The number of rotatable bonds is 4. The van der Waals surface area contributed by atoms with E-state index in [1.54, 1.807) is 0 Å². The summed E-state index contributed by atoms with van der Waals surface area (Å²) < 4.78 is 28.7. The van der Waals surface area contributed by atoms with E-state index in [9.17, 15) is 27.6 Å². The molecule has 0 bridgehead atoms. The van der Waals surface area contributed by atoms with Crippen LogP contribution in [0.3, 0.4) is 0 Å². The van der Waals surface area contributed by atoms with Gasteiger partial charge in [-0.2, -0.15) is 13.5 Å². The van der Waals surface area contributed by atoms with Gasteiger partial charge in [0.15, 0.2) is 5.25 Å². The van der Waals surface area contributed by atoms with Crippen molar-refractivity contribution in [1.82, 2.24) is 5.06 Å². The number of carboxylic acids is 2. The summed E-state index contributed by atoms with van der Waals surface area (Å²) >= 11 is 0. The first-order chi connectivity index (χ1) is 8.96. The Labute approximate surface area is 112 Å². The molecule has 0 aromatic heterocycles. The van der Waals surface area contributed by atoms with Gasteiger partial charge in [0.25, 0.3) is 21.9 Å². The van der Waals surface area contributed by atoms with Crippen LogP contribution in [-0.4, -0.2) is 62.5 Å². The van der Waals surface area contributed by atoms with Gasteiger partial charge in [0.1, 0.15) is 0 Å². The summed E-state index contributed by atoms with van der Waals surface area (Å²) in [5.74, 6) is -4.51. The molecule has 0 aromatic carbocycles. The van der Waals surface area contributed by atoms with E-state index in [2.05, 4.69) is 0 Å². The molecule has 1 saturated heterocycles. The van der Waals surface area contributed by atoms with Crippen LogP contribution in [-0.2, 0) is 29.3 Å². The molecule has 0 radical (unpaired) electrons. The monoisotopic (exact) mass is 313 g/mol. The van der Waals surface area contributed by atoms with E-state index in [0.29, 0.717) is 0 Å². The Kier molecular flexibility index (Phi) is 6.22. The fourth-order valence-electron chi connectivity index (χ4n) is 1.04. The predicted octanol–water partition coefficient (Wildman–Crippen LogP) is -1.67. The molecule has 1 aliphatic rings. The molecule has 1 fully saturated rings. The van der Waals surface area contributed by atoms with Gasteiger partial charge in [0.2, 0.25) is 0 Å². The first-order valence-corrected chi connectivity index (χ1v) is 6.42. The number of carboxylic acid groups (broad SMARTS) is 2. The lowest BCUT2D eigenvalue weighted by molar-refractivity contribution is -0.171. The maximum Gasteiger partial charge on any atom is 0.325 e. The van der Waals surface area contributed by atoms with Crippen LogP contribution in [0.5, 0.6) is 0 Å². The van der Waals surface area contributed by atoms with E-state index in [4.69, 9.17) is 20.0 Å². The second-order valence-electron chi connectivity index (χ2n) is 3.54. The highest BCUT2D eigenvalue weighted by atomic mass is 32.2. The molecular weight excluding hydrogens is 302 g/mol. The van der Waals surface area contributed by atoms with E-state index in [-0.39, 0.29) is 17.9 Å². The average molecular weight is 313 g/mol. The molecule has 1 heterocycles. The van der Waals surface area contributed by atoms with Gasteiger partial charge in [-0.25, -0.2) is 0 Å². The second kappa shape index (κ2) is 6.93. The SMILES string of the molecule is O=C(O)CC(C(=O)O)S(=O)(=O)O.O=C1CCC(=O)N1O. The number of aliphatic carboxylic acids is 2. The highest BCUT2D eigenvalue weighted by Gasteiger charge is 2.33. The molecule has 2 amide bonds. The van der Waals surface area contributed by atoms with Crippen molar-refractivity contribution in [2.75, 3.05) is 0 Å². The van der Waals surface area contributed by atoms with Crippen molar-refractivity contribution in [1.29, 1.82) is 0 Å². The number of carbonyl (C=O) groups excluding carboxylic acids is 2. The molecule has 4 N–H and O–H groups in total. The lowest BCUT2D eigenvalue weighted by Gasteiger charge is -2.04. The van der Waals surface area contributed by atoms with Gasteiger partial charge < -0.3 is 10.2 Å². The van der Waals surface area contributed by atoms with Crippen LogP contribution in [0.15, 0.2) is 0 Å². The molecule has 1 rings (SSSR count). The van der Waals surface area contributed by atoms with E-state index in [0.717, 1.165) is 0 Å². The van der Waals surface area contributed by atoms with Gasteiger partial charge in [-0.05, 0) is 0 Å². The quantitative estimate of drug-likeness (QED) is 0.265. The van der Waals surface area contributed by atoms with Gasteiger partial charge in [0, 0.05) is 12.8 Å². The molecular formula is C8H11NO10S. The molecule has 1 unspecified atom stereocenters. The minimum absolute atomic E-state index is 0.148. The average Bonchev–Trinajstić information content (AvgIpc) is 2.56. The maximum absolute atomic E-state index is 10.2. The van der Waals surface area contributed by atoms with Crippen LogP contribution in [0.4, 0.5) is 0 Å². The lowest BCUT2D eigenvalue weighted by atomic mass is 10.3. The molecule has 1 aliphatic heterocycles. The Bertz CT molecular complexity index is 507. The summed E-state index contributed by atoms with van der Waals surface area (Å²) in [6, 6.07) is 0. The number of hydrogen-bond donors (Lipinski definition) is 4. The Morgan fingerprint density at radius 1 is 1.15 bits per heavy atom. The minimum Gasteiger partial charge on any atom is -0.481 e. The zero-order valence-electron chi connectivity index (χ0n) is 9.79. The Morgan fingerprint density at radius 3 is 1.65 bits per heavy atom. The molecule has 0 saturated carbocycles. The minimum atomic E-state index is -4.84. The summed E-state index contributed by atoms with van der Waals surface area (Å²) in [5, 5.41) is 22.5. The summed E-state index contributed by atoms with van der Waals surface area (Å²) in [7, 11) is -4.84. The number of imide groups is 1. The summed E-state index contributed by atoms with van der Waals surface area (Å²) in [6.07, 6.45) is -0.862. The Balaban J connectivity index is 0.000000388. The van der Waals surface area contributed by atoms with Crippen molar-refractivity contribution in [3.8, 4) is 0 Å². The number of carbonyl (C=O) groups is 4. The third-order valence-corrected chi connectivity index (χ3v) is 3.11. The first-order valence-electron chi connectivity index (χ1n) is 4.92. The predicted molar refractivity (Wildman–Crippen MR) is 58.1 cm³/mol. The van der Waals surface area contributed by atoms with Crippen LogP contribution < -0.4 is 0 Å². The van der Waals surface area contributed by atoms with E-state index in [1.807, 2.05) is 0 Å². The smallest absolute Gasteiger partial charge is 0.325 e. The molecule has 1 atom stereocenters. The lowest BCUT2D eigenvalue weighted by Crippen LogP contribution is -2.31. The van der Waals surface area contributed by atoms with E-state index >= 15 is 0 Å². The van der Waals surface area contributed by atoms with E-state index < -0.39 is 45.5 Å². The normalized spacial score (nSPS) is 16.4. The van der Waals surface area contributed by atoms with Crippen LogP contribution >= 0.6 is 0 Å². The van der Waals surface area contributed by atoms with Crippen LogP contribution in [0, 0.1) is 0 Å². The maximum atomic E-state index is 10.2. The molecule has 20 heavy (non-hydrogen) atoms. The van der Waals surface area contributed by atoms with Crippen LogP contribution in [0.25, 0.3) is 0 Å². The summed E-state index contributed by atoms with van der Waals surface area (Å²) in [4.78, 5) is 40.5. The fourth-order valence-corrected chi connectivity index (χ4v) is 1.65. The molecule has 11 nitrogen and oxygen atoms in total. The van der Waals surface area contributed by atoms with Crippen LogP contribution in [0.1, 0.15) is 19.3 Å². The third kappa shape index (κ3) is 5.73. The van der Waals surface area contributed by atoms with Crippen molar-refractivity contribution >= 4 is 33.9 Å². The Morgan fingerprint density at radius 2 is 1.55 bits per heavy atom. The highest BCUT2D eigenvalue weighted by Crippen LogP contribution is 2.07. The number of nitrogens with zero attached hydrogens (tertiary/aromatic N) is 1. The van der Waals surface area contributed by atoms with Gasteiger partial charge in [0.05, 0.1) is 6.42 Å². The van der Waals surface area contributed by atoms with Gasteiger partial charge in [-0.15, -0.1) is 0 Å². The van der Waals surface area contributed by atoms with E-state index in [1.165, 1.54) is 0 Å².